The van der Waals surface area contributed by atoms with Gasteiger partial charge in [0, 0.05) is 24.2 Å². The van der Waals surface area contributed by atoms with Crippen molar-refractivity contribution in [3.8, 4) is 0 Å². The second-order valence-electron chi connectivity index (χ2n) is 3.05. The maximum absolute atomic E-state index is 5.43. The highest BCUT2D eigenvalue weighted by molar-refractivity contribution is 7.97. The van der Waals surface area contributed by atoms with E-state index >= 15 is 0 Å². The van der Waals surface area contributed by atoms with Crippen molar-refractivity contribution in [1.29, 1.82) is 0 Å². The fourth-order valence-corrected chi connectivity index (χ4v) is 1.59. The zero-order valence-electron chi connectivity index (χ0n) is 8.73. The van der Waals surface area contributed by atoms with Crippen molar-refractivity contribution >= 4 is 17.8 Å². The van der Waals surface area contributed by atoms with E-state index in [2.05, 4.69) is 23.7 Å². The number of nitrogens with two attached hydrogens (primary N) is 1. The maximum Gasteiger partial charge on any atom is 0.128 e. The number of rotatable bonds is 5. The highest BCUT2D eigenvalue weighted by Gasteiger charge is 2.03. The standard InChI is InChI=1S/C10H17N3S/c1-3-7-13(4-2)10-6-5-9(14-11)8-12-10/h5-6,8H,3-4,7,11H2,1-2H3. The molecule has 14 heavy (non-hydrogen) atoms. The Labute approximate surface area is 89.8 Å². The first-order valence-electron chi connectivity index (χ1n) is 4.89. The van der Waals surface area contributed by atoms with Crippen molar-refractivity contribution in [2.24, 2.45) is 5.14 Å². The molecule has 0 aliphatic rings. The average molecular weight is 211 g/mol. The smallest absolute Gasteiger partial charge is 0.128 e. The van der Waals surface area contributed by atoms with E-state index in [1.54, 1.807) is 0 Å². The molecule has 0 fully saturated rings. The van der Waals surface area contributed by atoms with E-state index in [1.807, 2.05) is 18.3 Å². The van der Waals surface area contributed by atoms with Crippen LogP contribution in [0.2, 0.25) is 0 Å². The van der Waals surface area contributed by atoms with Crippen LogP contribution in [0.3, 0.4) is 0 Å². The summed E-state index contributed by atoms with van der Waals surface area (Å²) in [6.45, 7) is 6.37. The van der Waals surface area contributed by atoms with Crippen LogP contribution in [0.15, 0.2) is 23.2 Å². The summed E-state index contributed by atoms with van der Waals surface area (Å²) < 4.78 is 0. The zero-order valence-corrected chi connectivity index (χ0v) is 9.55. The van der Waals surface area contributed by atoms with Gasteiger partial charge in [-0.3, -0.25) is 5.14 Å². The lowest BCUT2D eigenvalue weighted by Crippen LogP contribution is -2.24. The van der Waals surface area contributed by atoms with Crippen LogP contribution in [0.25, 0.3) is 0 Å². The molecule has 78 valence electrons. The van der Waals surface area contributed by atoms with E-state index in [0.717, 1.165) is 30.2 Å². The summed E-state index contributed by atoms with van der Waals surface area (Å²) in [4.78, 5) is 7.62. The summed E-state index contributed by atoms with van der Waals surface area (Å²) in [6.07, 6.45) is 2.96. The van der Waals surface area contributed by atoms with Gasteiger partial charge in [-0.1, -0.05) is 6.92 Å². The molecule has 1 heterocycles. The maximum atomic E-state index is 5.43. The first-order chi connectivity index (χ1) is 6.81. The minimum atomic E-state index is 0.996. The number of pyridine rings is 1. The van der Waals surface area contributed by atoms with Crippen molar-refractivity contribution in [1.82, 2.24) is 4.98 Å². The quantitative estimate of drug-likeness (QED) is 0.759. The third kappa shape index (κ3) is 2.89. The lowest BCUT2D eigenvalue weighted by atomic mass is 10.3. The lowest BCUT2D eigenvalue weighted by Gasteiger charge is -2.20. The van der Waals surface area contributed by atoms with Gasteiger partial charge in [0.2, 0.25) is 0 Å². The normalized spacial score (nSPS) is 10.2. The van der Waals surface area contributed by atoms with Gasteiger partial charge in [0.1, 0.15) is 5.82 Å². The van der Waals surface area contributed by atoms with Crippen LogP contribution in [0.5, 0.6) is 0 Å². The predicted molar refractivity (Wildman–Crippen MR) is 62.5 cm³/mol. The van der Waals surface area contributed by atoms with Gasteiger partial charge in [0.15, 0.2) is 0 Å². The molecule has 3 nitrogen and oxygen atoms in total. The molecule has 0 aliphatic carbocycles. The van der Waals surface area contributed by atoms with Gasteiger partial charge >= 0.3 is 0 Å². The van der Waals surface area contributed by atoms with Crippen LogP contribution in [0, 0.1) is 0 Å². The van der Waals surface area contributed by atoms with Gasteiger partial charge in [-0.05, 0) is 37.4 Å². The van der Waals surface area contributed by atoms with E-state index in [4.69, 9.17) is 5.14 Å². The predicted octanol–water partition coefficient (Wildman–Crippen LogP) is 2.28. The summed E-state index contributed by atoms with van der Waals surface area (Å²) in [5.74, 6) is 1.03. The minimum absolute atomic E-state index is 0.996. The fourth-order valence-electron chi connectivity index (χ4n) is 1.33. The molecule has 0 saturated heterocycles. The number of nitrogens with zero attached hydrogens (tertiary/aromatic N) is 2. The Morgan fingerprint density at radius 1 is 1.43 bits per heavy atom. The number of aromatic nitrogens is 1. The van der Waals surface area contributed by atoms with E-state index in [-0.39, 0.29) is 0 Å². The largest absolute Gasteiger partial charge is 0.357 e. The van der Waals surface area contributed by atoms with Crippen LogP contribution in [-0.4, -0.2) is 18.1 Å². The lowest BCUT2D eigenvalue weighted by molar-refractivity contribution is 0.777. The van der Waals surface area contributed by atoms with Crippen molar-refractivity contribution < 1.29 is 0 Å². The topological polar surface area (TPSA) is 42.1 Å². The van der Waals surface area contributed by atoms with Gasteiger partial charge in [-0.15, -0.1) is 0 Å². The molecule has 0 aromatic carbocycles. The molecule has 4 heteroatoms. The first-order valence-corrected chi connectivity index (χ1v) is 5.77. The van der Waals surface area contributed by atoms with Gasteiger partial charge in [0.25, 0.3) is 0 Å². The summed E-state index contributed by atoms with van der Waals surface area (Å²) in [5.41, 5.74) is 0. The summed E-state index contributed by atoms with van der Waals surface area (Å²) >= 11 is 1.23. The van der Waals surface area contributed by atoms with Gasteiger partial charge in [-0.25, -0.2) is 4.98 Å². The second-order valence-corrected chi connectivity index (χ2v) is 3.76. The number of anilines is 1. The Morgan fingerprint density at radius 2 is 2.21 bits per heavy atom. The Bertz CT molecular complexity index is 261. The number of hydrogen-bond donors (Lipinski definition) is 1. The molecule has 0 atom stereocenters. The van der Waals surface area contributed by atoms with E-state index in [0.29, 0.717) is 0 Å². The molecule has 0 saturated carbocycles. The van der Waals surface area contributed by atoms with Crippen LogP contribution in [0.4, 0.5) is 5.82 Å². The Kier molecular flexibility index (Phi) is 4.76. The monoisotopic (exact) mass is 211 g/mol. The van der Waals surface area contributed by atoms with Gasteiger partial charge in [0.05, 0.1) is 0 Å². The Balaban J connectivity index is 2.73. The molecule has 1 aromatic rings. The Morgan fingerprint density at radius 3 is 2.64 bits per heavy atom. The van der Waals surface area contributed by atoms with E-state index in [9.17, 15) is 0 Å². The molecule has 0 amide bonds. The highest BCUT2D eigenvalue weighted by atomic mass is 32.2. The van der Waals surface area contributed by atoms with Crippen LogP contribution < -0.4 is 10.0 Å². The molecule has 0 bridgehead atoms. The van der Waals surface area contributed by atoms with Gasteiger partial charge < -0.3 is 4.90 Å². The fraction of sp³-hybridized carbons (Fsp3) is 0.500. The molecule has 0 aliphatic heterocycles. The van der Waals surface area contributed by atoms with Crippen LogP contribution in [-0.2, 0) is 0 Å². The van der Waals surface area contributed by atoms with Crippen LogP contribution in [0.1, 0.15) is 20.3 Å². The van der Waals surface area contributed by atoms with E-state index < -0.39 is 0 Å². The molecular weight excluding hydrogens is 194 g/mol. The highest BCUT2D eigenvalue weighted by Crippen LogP contribution is 2.15. The summed E-state index contributed by atoms with van der Waals surface area (Å²) in [5, 5.41) is 5.43. The zero-order chi connectivity index (χ0) is 10.4. The van der Waals surface area contributed by atoms with Crippen molar-refractivity contribution in [2.75, 3.05) is 18.0 Å². The SMILES string of the molecule is CCCN(CC)c1ccc(SN)cn1. The summed E-state index contributed by atoms with van der Waals surface area (Å²) in [7, 11) is 0. The molecule has 0 spiro atoms. The average Bonchev–Trinajstić information content (AvgIpc) is 2.26. The van der Waals surface area contributed by atoms with Crippen molar-refractivity contribution in [3.05, 3.63) is 18.3 Å². The minimum Gasteiger partial charge on any atom is -0.357 e. The molecule has 0 unspecified atom stereocenters. The third-order valence-electron chi connectivity index (χ3n) is 2.06. The third-order valence-corrected chi connectivity index (χ3v) is 2.57. The van der Waals surface area contributed by atoms with Crippen molar-refractivity contribution in [2.45, 2.75) is 25.2 Å². The van der Waals surface area contributed by atoms with Crippen molar-refractivity contribution in [3.63, 3.8) is 0 Å². The summed E-state index contributed by atoms with van der Waals surface area (Å²) in [6, 6.07) is 4.03. The molecule has 1 rings (SSSR count). The number of hydrogen-bond acceptors (Lipinski definition) is 4. The molecule has 2 N–H and O–H groups in total. The molecular formula is C10H17N3S. The Hall–Kier alpha value is -0.740. The molecule has 1 aromatic heterocycles. The second kappa shape index (κ2) is 5.88. The van der Waals surface area contributed by atoms with Crippen LogP contribution >= 0.6 is 11.9 Å². The van der Waals surface area contributed by atoms with Gasteiger partial charge in [-0.2, -0.15) is 0 Å². The molecule has 0 radical (unpaired) electrons. The van der Waals surface area contributed by atoms with E-state index in [1.165, 1.54) is 11.9 Å². The first kappa shape index (κ1) is 11.3.